The van der Waals surface area contributed by atoms with Crippen LogP contribution in [0.15, 0.2) is 48.8 Å². The predicted molar refractivity (Wildman–Crippen MR) is 91.4 cm³/mol. The minimum atomic E-state index is -0.252. The van der Waals surface area contributed by atoms with E-state index in [0.717, 1.165) is 16.7 Å². The van der Waals surface area contributed by atoms with Gasteiger partial charge in [-0.3, -0.25) is 9.48 Å². The number of aromatic nitrogens is 4. The van der Waals surface area contributed by atoms with Crippen molar-refractivity contribution < 1.29 is 4.79 Å². The molecule has 1 amide bonds. The standard InChI is InChI=1S/C17H18N6O/c1-18-17(24)15-6-7-16(22-21-15)19-9-12-4-3-5-13(8-12)14-10-20-23(2)11-14/h3-8,10-11H,9H2,1-2H3,(H,18,24)(H,19,22). The van der Waals surface area contributed by atoms with E-state index in [-0.39, 0.29) is 5.91 Å². The van der Waals surface area contributed by atoms with Crippen molar-refractivity contribution in [3.05, 3.63) is 60.0 Å². The van der Waals surface area contributed by atoms with Gasteiger partial charge in [0.25, 0.3) is 5.91 Å². The molecule has 122 valence electrons. The predicted octanol–water partition coefficient (Wildman–Crippen LogP) is 1.85. The van der Waals surface area contributed by atoms with E-state index in [1.807, 2.05) is 31.6 Å². The first-order valence-electron chi connectivity index (χ1n) is 7.53. The monoisotopic (exact) mass is 322 g/mol. The molecule has 0 unspecified atom stereocenters. The SMILES string of the molecule is CNC(=O)c1ccc(NCc2cccc(-c3cnn(C)c3)c2)nn1. The van der Waals surface area contributed by atoms with Crippen molar-refractivity contribution in [3.63, 3.8) is 0 Å². The van der Waals surface area contributed by atoms with Crippen LogP contribution in [-0.2, 0) is 13.6 Å². The molecule has 2 N–H and O–H groups in total. The number of rotatable bonds is 5. The third-order valence-electron chi connectivity index (χ3n) is 3.56. The van der Waals surface area contributed by atoms with Gasteiger partial charge in [0, 0.05) is 32.4 Å². The second kappa shape index (κ2) is 6.91. The first-order valence-corrected chi connectivity index (χ1v) is 7.53. The van der Waals surface area contributed by atoms with Gasteiger partial charge in [-0.1, -0.05) is 18.2 Å². The number of hydrogen-bond acceptors (Lipinski definition) is 5. The van der Waals surface area contributed by atoms with E-state index < -0.39 is 0 Å². The molecule has 0 aliphatic carbocycles. The van der Waals surface area contributed by atoms with Gasteiger partial charge in [-0.15, -0.1) is 10.2 Å². The zero-order valence-electron chi connectivity index (χ0n) is 13.5. The lowest BCUT2D eigenvalue weighted by atomic mass is 10.1. The highest BCUT2D eigenvalue weighted by Crippen LogP contribution is 2.20. The number of nitrogens with zero attached hydrogens (tertiary/aromatic N) is 4. The van der Waals surface area contributed by atoms with Crippen LogP contribution in [0.3, 0.4) is 0 Å². The van der Waals surface area contributed by atoms with Crippen LogP contribution in [0.5, 0.6) is 0 Å². The number of amides is 1. The zero-order chi connectivity index (χ0) is 16.9. The number of carbonyl (C=O) groups excluding carboxylic acids is 1. The molecular formula is C17H18N6O. The quantitative estimate of drug-likeness (QED) is 0.749. The molecule has 0 aliphatic heterocycles. The van der Waals surface area contributed by atoms with Crippen LogP contribution in [0.25, 0.3) is 11.1 Å². The molecule has 3 aromatic rings. The van der Waals surface area contributed by atoms with Gasteiger partial charge in [0.05, 0.1) is 6.20 Å². The van der Waals surface area contributed by atoms with Crippen molar-refractivity contribution in [2.45, 2.75) is 6.54 Å². The van der Waals surface area contributed by atoms with Gasteiger partial charge in [0.1, 0.15) is 5.82 Å². The van der Waals surface area contributed by atoms with Crippen molar-refractivity contribution in [1.29, 1.82) is 0 Å². The molecular weight excluding hydrogens is 304 g/mol. The van der Waals surface area contributed by atoms with Gasteiger partial charge < -0.3 is 10.6 Å². The first kappa shape index (κ1) is 15.7. The number of anilines is 1. The highest BCUT2D eigenvalue weighted by atomic mass is 16.1. The minimum Gasteiger partial charge on any atom is -0.365 e. The molecule has 2 heterocycles. The fourth-order valence-corrected chi connectivity index (χ4v) is 2.30. The van der Waals surface area contributed by atoms with Crippen LogP contribution in [0.1, 0.15) is 16.1 Å². The Kier molecular flexibility index (Phi) is 4.51. The van der Waals surface area contributed by atoms with Crippen LogP contribution in [0.4, 0.5) is 5.82 Å². The fourth-order valence-electron chi connectivity index (χ4n) is 2.30. The van der Waals surface area contributed by atoms with Gasteiger partial charge >= 0.3 is 0 Å². The van der Waals surface area contributed by atoms with Crippen LogP contribution in [0.2, 0.25) is 0 Å². The van der Waals surface area contributed by atoms with E-state index in [2.05, 4.69) is 38.1 Å². The molecule has 3 rings (SSSR count). The molecule has 7 nitrogen and oxygen atoms in total. The van der Waals surface area contributed by atoms with Gasteiger partial charge in [-0.05, 0) is 29.3 Å². The summed E-state index contributed by atoms with van der Waals surface area (Å²) in [6, 6.07) is 11.6. The summed E-state index contributed by atoms with van der Waals surface area (Å²) in [5.41, 5.74) is 3.60. The Bertz CT molecular complexity index is 840. The first-order chi connectivity index (χ1) is 11.7. The summed E-state index contributed by atoms with van der Waals surface area (Å²) in [5, 5.41) is 17.8. The third kappa shape index (κ3) is 3.57. The van der Waals surface area contributed by atoms with Gasteiger partial charge in [-0.2, -0.15) is 5.10 Å². The van der Waals surface area contributed by atoms with Crippen molar-refractivity contribution >= 4 is 11.7 Å². The lowest BCUT2D eigenvalue weighted by Crippen LogP contribution is -2.19. The number of aryl methyl sites for hydroxylation is 1. The van der Waals surface area contributed by atoms with Crippen LogP contribution in [0, 0.1) is 0 Å². The number of hydrogen-bond donors (Lipinski definition) is 2. The molecule has 24 heavy (non-hydrogen) atoms. The Morgan fingerprint density at radius 3 is 2.71 bits per heavy atom. The smallest absolute Gasteiger partial charge is 0.271 e. The molecule has 0 atom stereocenters. The molecule has 0 fully saturated rings. The van der Waals surface area contributed by atoms with E-state index in [0.29, 0.717) is 18.1 Å². The van der Waals surface area contributed by atoms with E-state index in [9.17, 15) is 4.79 Å². The molecule has 0 aliphatic rings. The highest BCUT2D eigenvalue weighted by Gasteiger charge is 2.06. The average molecular weight is 322 g/mol. The summed E-state index contributed by atoms with van der Waals surface area (Å²) >= 11 is 0. The number of benzene rings is 1. The Hall–Kier alpha value is -3.22. The van der Waals surface area contributed by atoms with Gasteiger partial charge in [-0.25, -0.2) is 0 Å². The summed E-state index contributed by atoms with van der Waals surface area (Å²) < 4.78 is 1.78. The maximum Gasteiger partial charge on any atom is 0.271 e. The Labute approximate surface area is 139 Å². The summed E-state index contributed by atoms with van der Waals surface area (Å²) in [4.78, 5) is 11.4. The van der Waals surface area contributed by atoms with E-state index in [1.165, 1.54) is 0 Å². The van der Waals surface area contributed by atoms with Crippen LogP contribution >= 0.6 is 0 Å². The normalized spacial score (nSPS) is 10.4. The molecule has 0 bridgehead atoms. The van der Waals surface area contributed by atoms with Gasteiger partial charge in [0.15, 0.2) is 5.69 Å². The molecule has 0 spiro atoms. The molecule has 0 saturated carbocycles. The Balaban J connectivity index is 1.67. The summed E-state index contributed by atoms with van der Waals surface area (Å²) in [6.45, 7) is 0.613. The van der Waals surface area contributed by atoms with Crippen molar-refractivity contribution in [2.24, 2.45) is 7.05 Å². The lowest BCUT2D eigenvalue weighted by molar-refractivity contribution is 0.0957. The second-order valence-corrected chi connectivity index (χ2v) is 5.34. The van der Waals surface area contributed by atoms with E-state index in [4.69, 9.17) is 0 Å². The highest BCUT2D eigenvalue weighted by molar-refractivity contribution is 5.91. The molecule has 2 aromatic heterocycles. The Morgan fingerprint density at radius 2 is 2.04 bits per heavy atom. The maximum absolute atomic E-state index is 11.4. The van der Waals surface area contributed by atoms with E-state index >= 15 is 0 Å². The average Bonchev–Trinajstić information content (AvgIpc) is 3.06. The largest absolute Gasteiger partial charge is 0.365 e. The number of carbonyl (C=O) groups is 1. The molecule has 1 aromatic carbocycles. The number of nitrogens with one attached hydrogen (secondary N) is 2. The van der Waals surface area contributed by atoms with Crippen molar-refractivity contribution in [1.82, 2.24) is 25.3 Å². The van der Waals surface area contributed by atoms with Crippen molar-refractivity contribution in [3.8, 4) is 11.1 Å². The summed E-state index contributed by atoms with van der Waals surface area (Å²) in [7, 11) is 3.46. The van der Waals surface area contributed by atoms with Crippen LogP contribution in [-0.4, -0.2) is 32.9 Å². The lowest BCUT2D eigenvalue weighted by Gasteiger charge is -2.07. The van der Waals surface area contributed by atoms with Gasteiger partial charge in [0.2, 0.25) is 0 Å². The van der Waals surface area contributed by atoms with Crippen LogP contribution < -0.4 is 10.6 Å². The zero-order valence-corrected chi connectivity index (χ0v) is 13.5. The third-order valence-corrected chi connectivity index (χ3v) is 3.56. The topological polar surface area (TPSA) is 84.7 Å². The van der Waals surface area contributed by atoms with Crippen molar-refractivity contribution in [2.75, 3.05) is 12.4 Å². The fraction of sp³-hybridized carbons (Fsp3) is 0.176. The van der Waals surface area contributed by atoms with E-state index in [1.54, 1.807) is 23.9 Å². The molecule has 7 heteroatoms. The second-order valence-electron chi connectivity index (χ2n) is 5.34. The minimum absolute atomic E-state index is 0.252. The molecule has 0 saturated heterocycles. The summed E-state index contributed by atoms with van der Waals surface area (Å²) in [5.74, 6) is 0.368. The molecule has 0 radical (unpaired) electrons. The Morgan fingerprint density at radius 1 is 1.17 bits per heavy atom. The maximum atomic E-state index is 11.4. The summed E-state index contributed by atoms with van der Waals surface area (Å²) in [6.07, 6.45) is 3.82.